The quantitative estimate of drug-likeness (QED) is 0.414. The van der Waals surface area contributed by atoms with Crippen LogP contribution >= 0.6 is 0 Å². The first-order valence-corrected chi connectivity index (χ1v) is 11.6. The molecule has 174 valence electrons. The highest BCUT2D eigenvalue weighted by atomic mass is 16.3. The van der Waals surface area contributed by atoms with Crippen LogP contribution in [0.4, 0.5) is 0 Å². The number of aryl methyl sites for hydroxylation is 2. The molecule has 0 N–H and O–H groups in total. The third-order valence-electron chi connectivity index (χ3n) is 5.52. The number of amides is 2. The van der Waals surface area contributed by atoms with Crippen LogP contribution in [0.2, 0.25) is 0 Å². The number of hydrogen-bond acceptors (Lipinski definition) is 3. The van der Waals surface area contributed by atoms with E-state index in [2.05, 4.69) is 20.8 Å². The van der Waals surface area contributed by atoms with E-state index in [1.807, 2.05) is 73.7 Å². The highest BCUT2D eigenvalue weighted by molar-refractivity contribution is 5.96. The van der Waals surface area contributed by atoms with Crippen LogP contribution in [0.15, 0.2) is 71.1 Å². The van der Waals surface area contributed by atoms with Crippen molar-refractivity contribution in [1.29, 1.82) is 0 Å². The minimum Gasteiger partial charge on any atom is -0.464 e. The fraction of sp³-hybridized carbons (Fsp3) is 0.357. The Hall–Kier alpha value is -3.34. The molecule has 0 saturated heterocycles. The minimum absolute atomic E-state index is 0.0269. The Labute approximate surface area is 197 Å². The van der Waals surface area contributed by atoms with Gasteiger partial charge in [0.05, 0.1) is 6.54 Å². The lowest BCUT2D eigenvalue weighted by Crippen LogP contribution is -2.43. The van der Waals surface area contributed by atoms with Crippen molar-refractivity contribution < 1.29 is 14.0 Å². The summed E-state index contributed by atoms with van der Waals surface area (Å²) in [7, 11) is 0. The van der Waals surface area contributed by atoms with Crippen molar-refractivity contribution in [3.8, 4) is 0 Å². The van der Waals surface area contributed by atoms with Crippen LogP contribution in [0.5, 0.6) is 0 Å². The number of furan rings is 1. The van der Waals surface area contributed by atoms with Crippen molar-refractivity contribution in [2.24, 2.45) is 5.92 Å². The van der Waals surface area contributed by atoms with E-state index in [0.29, 0.717) is 25.2 Å². The molecule has 5 nitrogen and oxygen atoms in total. The molecule has 0 aliphatic heterocycles. The zero-order valence-electron chi connectivity index (χ0n) is 20.1. The molecule has 0 saturated carbocycles. The Bertz CT molecular complexity index is 1040. The standard InChI is InChI=1S/C28H34N2O3/c1-5-23-12-14-25(15-13-23)28(32)30(17-21(2)3)20-27(31)29(18-24-9-7-6-8-10-24)19-26-16-11-22(4)33-26/h6-16,21H,5,17-20H2,1-4H3. The van der Waals surface area contributed by atoms with E-state index < -0.39 is 0 Å². The lowest BCUT2D eigenvalue weighted by atomic mass is 10.1. The highest BCUT2D eigenvalue weighted by Crippen LogP contribution is 2.15. The average molecular weight is 447 g/mol. The summed E-state index contributed by atoms with van der Waals surface area (Å²) in [5.74, 6) is 1.56. The summed E-state index contributed by atoms with van der Waals surface area (Å²) in [6, 6.07) is 21.3. The van der Waals surface area contributed by atoms with Gasteiger partial charge < -0.3 is 14.2 Å². The maximum Gasteiger partial charge on any atom is 0.254 e. The van der Waals surface area contributed by atoms with Gasteiger partial charge in [-0.3, -0.25) is 9.59 Å². The molecule has 0 unspecified atom stereocenters. The van der Waals surface area contributed by atoms with Crippen LogP contribution in [-0.4, -0.2) is 34.7 Å². The van der Waals surface area contributed by atoms with Gasteiger partial charge in [-0.1, -0.05) is 63.2 Å². The smallest absolute Gasteiger partial charge is 0.254 e. The molecule has 0 bridgehead atoms. The second-order valence-corrected chi connectivity index (χ2v) is 8.88. The van der Waals surface area contributed by atoms with E-state index >= 15 is 0 Å². The van der Waals surface area contributed by atoms with Gasteiger partial charge in [0.2, 0.25) is 5.91 Å². The number of nitrogens with zero attached hydrogens (tertiary/aromatic N) is 2. The molecular weight excluding hydrogens is 412 g/mol. The van der Waals surface area contributed by atoms with Gasteiger partial charge in [-0.05, 0) is 54.7 Å². The molecule has 33 heavy (non-hydrogen) atoms. The van der Waals surface area contributed by atoms with Crippen LogP contribution in [0, 0.1) is 12.8 Å². The maximum absolute atomic E-state index is 13.5. The summed E-state index contributed by atoms with van der Waals surface area (Å²) < 4.78 is 5.74. The van der Waals surface area contributed by atoms with Crippen molar-refractivity contribution in [2.75, 3.05) is 13.1 Å². The van der Waals surface area contributed by atoms with Crippen molar-refractivity contribution in [2.45, 2.75) is 47.2 Å². The molecule has 0 radical (unpaired) electrons. The predicted octanol–water partition coefficient (Wildman–Crippen LogP) is 5.48. The molecule has 0 aliphatic carbocycles. The maximum atomic E-state index is 13.5. The van der Waals surface area contributed by atoms with Gasteiger partial charge in [0.25, 0.3) is 5.91 Å². The van der Waals surface area contributed by atoms with Crippen LogP contribution < -0.4 is 0 Å². The normalized spacial score (nSPS) is 10.9. The molecule has 3 rings (SSSR count). The molecule has 1 aromatic heterocycles. The largest absolute Gasteiger partial charge is 0.464 e. The van der Waals surface area contributed by atoms with Gasteiger partial charge in [0, 0.05) is 18.7 Å². The molecule has 2 amide bonds. The first-order valence-electron chi connectivity index (χ1n) is 11.6. The van der Waals surface area contributed by atoms with Crippen LogP contribution in [0.1, 0.15) is 53.8 Å². The Morgan fingerprint density at radius 2 is 1.55 bits per heavy atom. The van der Waals surface area contributed by atoms with Gasteiger partial charge >= 0.3 is 0 Å². The lowest BCUT2D eigenvalue weighted by Gasteiger charge is -2.28. The molecule has 3 aromatic rings. The Morgan fingerprint density at radius 3 is 2.12 bits per heavy atom. The van der Waals surface area contributed by atoms with Crippen molar-refractivity contribution in [1.82, 2.24) is 9.80 Å². The zero-order valence-corrected chi connectivity index (χ0v) is 20.1. The monoisotopic (exact) mass is 446 g/mol. The van der Waals surface area contributed by atoms with Gasteiger partial charge in [-0.15, -0.1) is 0 Å². The van der Waals surface area contributed by atoms with E-state index in [9.17, 15) is 9.59 Å². The van der Waals surface area contributed by atoms with Crippen LogP contribution in [0.25, 0.3) is 0 Å². The lowest BCUT2D eigenvalue weighted by molar-refractivity contribution is -0.133. The minimum atomic E-state index is -0.117. The van der Waals surface area contributed by atoms with E-state index in [1.54, 1.807) is 9.80 Å². The predicted molar refractivity (Wildman–Crippen MR) is 131 cm³/mol. The second kappa shape index (κ2) is 11.5. The Kier molecular flexibility index (Phi) is 8.47. The molecule has 1 heterocycles. The van der Waals surface area contributed by atoms with E-state index in [1.165, 1.54) is 5.56 Å². The van der Waals surface area contributed by atoms with Crippen LogP contribution in [-0.2, 0) is 24.3 Å². The molecule has 5 heteroatoms. The molecule has 0 aliphatic rings. The molecule has 0 spiro atoms. The number of carbonyl (C=O) groups excluding carboxylic acids is 2. The SMILES string of the molecule is CCc1ccc(C(=O)N(CC(=O)N(Cc2ccccc2)Cc2ccc(C)o2)CC(C)C)cc1. The molecule has 2 aromatic carbocycles. The van der Waals surface area contributed by atoms with Gasteiger partial charge in [0.15, 0.2) is 0 Å². The van der Waals surface area contributed by atoms with Gasteiger partial charge in [-0.2, -0.15) is 0 Å². The molecule has 0 fully saturated rings. The van der Waals surface area contributed by atoms with E-state index in [0.717, 1.165) is 23.5 Å². The average Bonchev–Trinajstić information content (AvgIpc) is 3.22. The fourth-order valence-corrected chi connectivity index (χ4v) is 3.78. The van der Waals surface area contributed by atoms with E-state index in [-0.39, 0.29) is 24.3 Å². The second-order valence-electron chi connectivity index (χ2n) is 8.88. The third kappa shape index (κ3) is 7.07. The van der Waals surface area contributed by atoms with Crippen LogP contribution in [0.3, 0.4) is 0 Å². The summed E-state index contributed by atoms with van der Waals surface area (Å²) in [5, 5.41) is 0. The van der Waals surface area contributed by atoms with E-state index in [4.69, 9.17) is 4.42 Å². The Balaban J connectivity index is 1.80. The number of benzene rings is 2. The summed E-state index contributed by atoms with van der Waals surface area (Å²) in [6.45, 7) is 9.43. The van der Waals surface area contributed by atoms with Gasteiger partial charge in [0.1, 0.15) is 18.1 Å². The summed E-state index contributed by atoms with van der Waals surface area (Å²) in [4.78, 5) is 30.2. The fourth-order valence-electron chi connectivity index (χ4n) is 3.78. The number of carbonyl (C=O) groups is 2. The van der Waals surface area contributed by atoms with Crippen molar-refractivity contribution in [3.63, 3.8) is 0 Å². The molecule has 0 atom stereocenters. The van der Waals surface area contributed by atoms with Crippen molar-refractivity contribution >= 4 is 11.8 Å². The molecular formula is C28H34N2O3. The van der Waals surface area contributed by atoms with Crippen molar-refractivity contribution in [3.05, 3.63) is 94.9 Å². The first kappa shape index (κ1) is 24.3. The first-order chi connectivity index (χ1) is 15.9. The third-order valence-corrected chi connectivity index (χ3v) is 5.52. The van der Waals surface area contributed by atoms with Gasteiger partial charge in [-0.25, -0.2) is 0 Å². The summed E-state index contributed by atoms with van der Waals surface area (Å²) in [6.07, 6.45) is 0.920. The number of hydrogen-bond donors (Lipinski definition) is 0. The highest BCUT2D eigenvalue weighted by Gasteiger charge is 2.24. The Morgan fingerprint density at radius 1 is 0.848 bits per heavy atom. The number of rotatable bonds is 10. The zero-order chi connectivity index (χ0) is 23.8. The topological polar surface area (TPSA) is 53.8 Å². The summed E-state index contributed by atoms with van der Waals surface area (Å²) in [5.41, 5.74) is 2.82. The summed E-state index contributed by atoms with van der Waals surface area (Å²) >= 11 is 0.